The van der Waals surface area contributed by atoms with Gasteiger partial charge in [-0.2, -0.15) is 0 Å². The molecule has 1 aromatic heterocycles. The molecule has 0 radical (unpaired) electrons. The molecule has 5 N–H and O–H groups in total. The van der Waals surface area contributed by atoms with E-state index in [9.17, 15) is 15.0 Å². The Hall–Kier alpha value is -2.83. The third-order valence-corrected chi connectivity index (χ3v) is 9.80. The standard InChI is InChI=1S/C28H31N3O3/c1-31(15-16-6-7-16)11-10-27-14-22-20(18-4-2-3-5-21(18)30-22)13-28(27,34)23(31)12-17-8-9-19(26(29)33)25(32)24(17)27/h2-5,8-9,16,23,30,34H,6-7,10-15H2,1H3,(H2-,29,32,33)/p+1/t23-,27-,28-,31?/m1/s1. The highest BCUT2D eigenvalue weighted by Gasteiger charge is 2.70. The number of hydrogen-bond acceptors (Lipinski definition) is 3. The molecule has 2 bridgehead atoms. The summed E-state index contributed by atoms with van der Waals surface area (Å²) in [7, 11) is 2.33. The number of phenols is 1. The summed E-state index contributed by atoms with van der Waals surface area (Å²) in [5.74, 6) is 0.0924. The molecule has 7 rings (SSSR count). The molecule has 3 aromatic rings. The number of para-hydroxylation sites is 1. The molecule has 3 aliphatic carbocycles. The molecule has 1 saturated carbocycles. The monoisotopic (exact) mass is 458 g/mol. The highest BCUT2D eigenvalue weighted by Crippen LogP contribution is 2.61. The number of carbonyl (C=O) groups excluding carboxylic acids is 1. The van der Waals surface area contributed by atoms with Crippen LogP contribution in [0.15, 0.2) is 36.4 Å². The molecule has 176 valence electrons. The van der Waals surface area contributed by atoms with Crippen LogP contribution in [0.2, 0.25) is 0 Å². The highest BCUT2D eigenvalue weighted by atomic mass is 16.3. The summed E-state index contributed by atoms with van der Waals surface area (Å²) in [5.41, 5.74) is 9.35. The van der Waals surface area contributed by atoms with Crippen LogP contribution in [-0.2, 0) is 24.7 Å². The number of aromatic amines is 1. The minimum absolute atomic E-state index is 0.0280. The first-order valence-corrected chi connectivity index (χ1v) is 12.6. The Labute approximate surface area is 199 Å². The third-order valence-electron chi connectivity index (χ3n) is 9.80. The number of quaternary nitrogens is 1. The molecule has 2 aromatic carbocycles. The van der Waals surface area contributed by atoms with Gasteiger partial charge in [0.2, 0.25) is 0 Å². The maximum Gasteiger partial charge on any atom is 0.252 e. The predicted molar refractivity (Wildman–Crippen MR) is 130 cm³/mol. The van der Waals surface area contributed by atoms with E-state index in [4.69, 9.17) is 5.73 Å². The van der Waals surface area contributed by atoms with Crippen LogP contribution in [0.25, 0.3) is 10.9 Å². The molecule has 4 aliphatic rings. The summed E-state index contributed by atoms with van der Waals surface area (Å²) in [5, 5.41) is 25.5. The van der Waals surface area contributed by atoms with Crippen molar-refractivity contribution in [3.63, 3.8) is 0 Å². The second-order valence-electron chi connectivity index (χ2n) is 11.6. The molecule has 6 heteroatoms. The Balaban J connectivity index is 1.50. The lowest BCUT2D eigenvalue weighted by Gasteiger charge is -2.65. The molecule has 0 spiro atoms. The van der Waals surface area contributed by atoms with Gasteiger partial charge in [0.15, 0.2) is 0 Å². The van der Waals surface area contributed by atoms with Crippen LogP contribution < -0.4 is 5.73 Å². The maximum atomic E-state index is 12.9. The van der Waals surface area contributed by atoms with Gasteiger partial charge in [-0.15, -0.1) is 0 Å². The van der Waals surface area contributed by atoms with Crippen LogP contribution in [-0.4, -0.2) is 57.4 Å². The van der Waals surface area contributed by atoms with Crippen LogP contribution >= 0.6 is 0 Å². The molecular formula is C28H32N3O3+. The van der Waals surface area contributed by atoms with Crippen LogP contribution in [0, 0.1) is 5.92 Å². The first-order valence-electron chi connectivity index (χ1n) is 12.6. The fourth-order valence-corrected chi connectivity index (χ4v) is 8.03. The third kappa shape index (κ3) is 2.45. The van der Waals surface area contributed by atoms with Gasteiger partial charge in [0.05, 0.1) is 25.7 Å². The summed E-state index contributed by atoms with van der Waals surface area (Å²) >= 11 is 0. The fraction of sp³-hybridized carbons (Fsp3) is 0.464. The number of rotatable bonds is 3. The Morgan fingerprint density at radius 3 is 2.76 bits per heavy atom. The number of carbonyl (C=O) groups is 1. The number of primary amides is 1. The highest BCUT2D eigenvalue weighted by molar-refractivity contribution is 5.96. The lowest BCUT2D eigenvalue weighted by Crippen LogP contribution is -2.79. The number of likely N-dealkylation sites (N-methyl/N-ethyl adjacent to an activating group) is 1. The molecule has 6 nitrogen and oxygen atoms in total. The number of aromatic nitrogens is 1. The Bertz CT molecular complexity index is 1370. The molecule has 2 fully saturated rings. The van der Waals surface area contributed by atoms with E-state index in [2.05, 4.69) is 30.2 Å². The number of likely N-dealkylation sites (tertiary alicyclic amines) is 1. The Kier molecular flexibility index (Phi) is 3.89. The first kappa shape index (κ1) is 20.5. The molecule has 1 saturated heterocycles. The number of piperidine rings is 1. The van der Waals surface area contributed by atoms with E-state index in [0.29, 0.717) is 19.3 Å². The summed E-state index contributed by atoms with van der Waals surface area (Å²) in [4.78, 5) is 15.8. The van der Waals surface area contributed by atoms with Crippen molar-refractivity contribution >= 4 is 16.8 Å². The van der Waals surface area contributed by atoms with E-state index >= 15 is 0 Å². The topological polar surface area (TPSA) is 99.3 Å². The van der Waals surface area contributed by atoms with E-state index in [1.165, 1.54) is 23.8 Å². The smallest absolute Gasteiger partial charge is 0.252 e. The quantitative estimate of drug-likeness (QED) is 0.454. The summed E-state index contributed by atoms with van der Waals surface area (Å²) in [6, 6.07) is 12.0. The van der Waals surface area contributed by atoms with Gasteiger partial charge in [0.1, 0.15) is 17.4 Å². The number of nitrogens with one attached hydrogen (secondary N) is 1. The molecule has 1 unspecified atom stereocenters. The molecular weight excluding hydrogens is 426 g/mol. The lowest BCUT2D eigenvalue weighted by atomic mass is 9.48. The normalized spacial score (nSPS) is 33.8. The molecule has 34 heavy (non-hydrogen) atoms. The first-order chi connectivity index (χ1) is 16.3. The van der Waals surface area contributed by atoms with Gasteiger partial charge in [0, 0.05) is 59.2 Å². The van der Waals surface area contributed by atoms with E-state index < -0.39 is 16.9 Å². The van der Waals surface area contributed by atoms with Crippen LogP contribution in [0.4, 0.5) is 0 Å². The molecule has 2 heterocycles. The molecule has 1 amide bonds. The van der Waals surface area contributed by atoms with E-state index in [1.54, 1.807) is 6.07 Å². The van der Waals surface area contributed by atoms with E-state index in [0.717, 1.165) is 52.2 Å². The maximum absolute atomic E-state index is 12.9. The summed E-state index contributed by atoms with van der Waals surface area (Å²) < 4.78 is 0.873. The van der Waals surface area contributed by atoms with E-state index in [-0.39, 0.29) is 17.4 Å². The number of amides is 1. The number of fused-ring (bicyclic) bond motifs is 4. The van der Waals surface area contributed by atoms with Gasteiger partial charge >= 0.3 is 0 Å². The van der Waals surface area contributed by atoms with Crippen molar-refractivity contribution in [1.82, 2.24) is 4.98 Å². The minimum Gasteiger partial charge on any atom is -0.507 e. The van der Waals surface area contributed by atoms with Gasteiger partial charge in [-0.3, -0.25) is 4.79 Å². The van der Waals surface area contributed by atoms with Crippen LogP contribution in [0.1, 0.15) is 52.0 Å². The molecule has 4 atom stereocenters. The van der Waals surface area contributed by atoms with Gasteiger partial charge in [0.25, 0.3) is 5.91 Å². The Morgan fingerprint density at radius 2 is 2.00 bits per heavy atom. The Morgan fingerprint density at radius 1 is 1.21 bits per heavy atom. The van der Waals surface area contributed by atoms with Crippen LogP contribution in [0.5, 0.6) is 5.75 Å². The average molecular weight is 459 g/mol. The SMILES string of the molecule is C[N+]1(CC2CC2)CC[C@]23Cc4[nH]c5ccccc5c4C[C@@]2(O)[C@H]1Cc1ccc(C(N)=O)c(O)c13. The summed E-state index contributed by atoms with van der Waals surface area (Å²) in [6.45, 7) is 2.06. The minimum atomic E-state index is -1.02. The van der Waals surface area contributed by atoms with Crippen molar-refractivity contribution in [2.75, 3.05) is 20.1 Å². The van der Waals surface area contributed by atoms with E-state index in [1.807, 2.05) is 12.1 Å². The van der Waals surface area contributed by atoms with Crippen molar-refractivity contribution in [1.29, 1.82) is 0 Å². The number of benzene rings is 2. The predicted octanol–water partition coefficient (Wildman–Crippen LogP) is 2.93. The van der Waals surface area contributed by atoms with Gasteiger partial charge < -0.3 is 25.4 Å². The number of nitrogens with two attached hydrogens (primary N) is 1. The van der Waals surface area contributed by atoms with Crippen molar-refractivity contribution in [3.05, 3.63) is 64.3 Å². The zero-order valence-corrected chi connectivity index (χ0v) is 19.6. The van der Waals surface area contributed by atoms with Crippen molar-refractivity contribution in [3.8, 4) is 5.75 Å². The lowest BCUT2D eigenvalue weighted by molar-refractivity contribution is -0.950. The van der Waals surface area contributed by atoms with Gasteiger partial charge in [-0.1, -0.05) is 24.3 Å². The van der Waals surface area contributed by atoms with Crippen molar-refractivity contribution in [2.24, 2.45) is 11.7 Å². The van der Waals surface area contributed by atoms with Crippen LogP contribution in [0.3, 0.4) is 0 Å². The molecule has 1 aliphatic heterocycles. The number of H-pyrrole nitrogens is 1. The second kappa shape index (κ2) is 6.43. The fourth-order valence-electron chi connectivity index (χ4n) is 8.03. The van der Waals surface area contributed by atoms with Gasteiger partial charge in [-0.25, -0.2) is 0 Å². The zero-order valence-electron chi connectivity index (χ0n) is 19.6. The van der Waals surface area contributed by atoms with Crippen molar-refractivity contribution in [2.45, 2.75) is 55.6 Å². The number of aromatic hydroxyl groups is 1. The average Bonchev–Trinajstić information content (AvgIpc) is 3.53. The van der Waals surface area contributed by atoms with Gasteiger partial charge in [-0.05, 0) is 36.1 Å². The van der Waals surface area contributed by atoms with Crippen molar-refractivity contribution < 1.29 is 19.5 Å². The largest absolute Gasteiger partial charge is 0.507 e. The zero-order chi connectivity index (χ0) is 23.5. The number of nitrogens with zero attached hydrogens (tertiary/aromatic N) is 1. The number of hydrogen-bond donors (Lipinski definition) is 4. The summed E-state index contributed by atoms with van der Waals surface area (Å²) in [6.07, 6.45) is 5.21. The second-order valence-corrected chi connectivity index (χ2v) is 11.6. The number of aliphatic hydroxyl groups is 1.